The minimum atomic E-state index is 0.138. The molecule has 1 aromatic carbocycles. The van der Waals surface area contributed by atoms with Gasteiger partial charge in [0.05, 0.1) is 6.54 Å². The minimum absolute atomic E-state index is 0.138. The van der Waals surface area contributed by atoms with Crippen molar-refractivity contribution in [2.24, 2.45) is 5.41 Å². The van der Waals surface area contributed by atoms with Crippen molar-refractivity contribution < 1.29 is 9.59 Å². The minimum Gasteiger partial charge on any atom is -0.341 e. The van der Waals surface area contributed by atoms with Crippen LogP contribution in [0.5, 0.6) is 0 Å². The molecule has 0 saturated carbocycles. The Morgan fingerprint density at radius 1 is 1.07 bits per heavy atom. The van der Waals surface area contributed by atoms with Gasteiger partial charge in [-0.15, -0.1) is 0 Å². The summed E-state index contributed by atoms with van der Waals surface area (Å²) in [6.07, 6.45) is 7.04. The van der Waals surface area contributed by atoms with Gasteiger partial charge in [0.2, 0.25) is 11.8 Å². The molecule has 29 heavy (non-hydrogen) atoms. The number of likely N-dealkylation sites (tertiary alicyclic amines) is 3. The lowest BCUT2D eigenvalue weighted by Gasteiger charge is -2.49. The lowest BCUT2D eigenvalue weighted by molar-refractivity contribution is -0.142. The van der Waals surface area contributed by atoms with E-state index in [0.29, 0.717) is 17.8 Å². The summed E-state index contributed by atoms with van der Waals surface area (Å²) >= 11 is 0. The van der Waals surface area contributed by atoms with Crippen LogP contribution in [-0.4, -0.2) is 72.8 Å². The van der Waals surface area contributed by atoms with E-state index < -0.39 is 0 Å². The van der Waals surface area contributed by atoms with E-state index in [1.54, 1.807) is 4.90 Å². The van der Waals surface area contributed by atoms with E-state index >= 15 is 0 Å². The molecule has 1 aromatic rings. The summed E-state index contributed by atoms with van der Waals surface area (Å²) in [5.74, 6) is 0.870. The molecule has 1 atom stereocenters. The summed E-state index contributed by atoms with van der Waals surface area (Å²) < 4.78 is 0. The van der Waals surface area contributed by atoms with Crippen molar-refractivity contribution >= 4 is 11.8 Å². The summed E-state index contributed by atoms with van der Waals surface area (Å²) in [7, 11) is 2.24. The van der Waals surface area contributed by atoms with E-state index in [1.807, 2.05) is 4.90 Å². The molecule has 3 aliphatic rings. The maximum absolute atomic E-state index is 12.9. The fourth-order valence-corrected chi connectivity index (χ4v) is 5.68. The molecule has 0 unspecified atom stereocenters. The van der Waals surface area contributed by atoms with Crippen LogP contribution in [-0.2, 0) is 9.59 Å². The Morgan fingerprint density at radius 3 is 2.59 bits per heavy atom. The predicted octanol–water partition coefficient (Wildman–Crippen LogP) is 3.12. The molecule has 3 fully saturated rings. The van der Waals surface area contributed by atoms with E-state index in [0.717, 1.165) is 64.8 Å². The highest BCUT2D eigenvalue weighted by Crippen LogP contribution is 2.44. The van der Waals surface area contributed by atoms with Crippen molar-refractivity contribution in [3.05, 3.63) is 35.9 Å². The Morgan fingerprint density at radius 2 is 1.83 bits per heavy atom. The molecule has 158 valence electrons. The van der Waals surface area contributed by atoms with Crippen molar-refractivity contribution in [2.45, 2.75) is 50.9 Å². The van der Waals surface area contributed by atoms with Crippen molar-refractivity contribution in [1.82, 2.24) is 14.7 Å². The first-order chi connectivity index (χ1) is 14.0. The number of piperidine rings is 2. The fraction of sp³-hybridized carbons (Fsp3) is 0.667. The highest BCUT2D eigenvalue weighted by Gasteiger charge is 2.42. The molecule has 2 amide bonds. The van der Waals surface area contributed by atoms with Gasteiger partial charge in [0.1, 0.15) is 0 Å². The molecular weight excluding hydrogens is 362 g/mol. The molecule has 1 spiro atoms. The predicted molar refractivity (Wildman–Crippen MR) is 115 cm³/mol. The Labute approximate surface area is 175 Å². The maximum atomic E-state index is 12.9. The zero-order valence-corrected chi connectivity index (χ0v) is 17.8. The molecular formula is C24H35N3O2. The molecule has 5 heteroatoms. The lowest BCUT2D eigenvalue weighted by atomic mass is 9.68. The molecule has 3 aliphatic heterocycles. The second-order valence-corrected chi connectivity index (χ2v) is 9.52. The van der Waals surface area contributed by atoms with Gasteiger partial charge < -0.3 is 14.7 Å². The van der Waals surface area contributed by atoms with Crippen LogP contribution in [0.3, 0.4) is 0 Å². The molecule has 5 nitrogen and oxygen atoms in total. The Balaban J connectivity index is 1.35. The van der Waals surface area contributed by atoms with Gasteiger partial charge in [-0.3, -0.25) is 9.59 Å². The van der Waals surface area contributed by atoms with Crippen molar-refractivity contribution in [3.63, 3.8) is 0 Å². The first-order valence-electron chi connectivity index (χ1n) is 11.3. The van der Waals surface area contributed by atoms with Crippen LogP contribution < -0.4 is 0 Å². The second kappa shape index (κ2) is 8.86. The number of carbonyl (C=O) groups is 2. The number of amides is 2. The first-order valence-corrected chi connectivity index (χ1v) is 11.3. The third-order valence-corrected chi connectivity index (χ3v) is 7.26. The summed E-state index contributed by atoms with van der Waals surface area (Å²) in [5, 5.41) is 0. The summed E-state index contributed by atoms with van der Waals surface area (Å²) in [6, 6.07) is 10.9. The molecule has 0 radical (unpaired) electrons. The average Bonchev–Trinajstić information content (AvgIpc) is 2.93. The molecule has 0 aliphatic carbocycles. The molecule has 3 saturated heterocycles. The molecule has 0 bridgehead atoms. The zero-order chi connectivity index (χ0) is 20.3. The fourth-order valence-electron chi connectivity index (χ4n) is 5.68. The molecule has 0 N–H and O–H groups in total. The number of hydrogen-bond donors (Lipinski definition) is 0. The highest BCUT2D eigenvalue weighted by molar-refractivity contribution is 5.85. The van der Waals surface area contributed by atoms with E-state index in [4.69, 9.17) is 0 Å². The largest absolute Gasteiger partial charge is 0.341 e. The van der Waals surface area contributed by atoms with Gasteiger partial charge in [0.25, 0.3) is 0 Å². The molecule has 0 aromatic heterocycles. The van der Waals surface area contributed by atoms with E-state index in [2.05, 4.69) is 42.3 Å². The van der Waals surface area contributed by atoms with Crippen LogP contribution in [0.25, 0.3) is 0 Å². The first kappa shape index (κ1) is 20.4. The average molecular weight is 398 g/mol. The number of nitrogens with zero attached hydrogens (tertiary/aromatic N) is 3. The van der Waals surface area contributed by atoms with Crippen LogP contribution in [0.2, 0.25) is 0 Å². The highest BCUT2D eigenvalue weighted by atomic mass is 16.2. The van der Waals surface area contributed by atoms with Crippen molar-refractivity contribution in [3.8, 4) is 0 Å². The number of rotatable bonds is 3. The van der Waals surface area contributed by atoms with Crippen LogP contribution in [0.4, 0.5) is 0 Å². The van der Waals surface area contributed by atoms with Gasteiger partial charge in [-0.2, -0.15) is 0 Å². The third kappa shape index (κ3) is 4.82. The Bertz CT molecular complexity index is 712. The quantitative estimate of drug-likeness (QED) is 0.787. The van der Waals surface area contributed by atoms with Crippen LogP contribution in [0, 0.1) is 5.41 Å². The van der Waals surface area contributed by atoms with Crippen molar-refractivity contribution in [2.75, 3.05) is 46.3 Å². The Hall–Kier alpha value is -1.88. The number of hydrogen-bond acceptors (Lipinski definition) is 3. The third-order valence-electron chi connectivity index (χ3n) is 7.26. The van der Waals surface area contributed by atoms with E-state index in [1.165, 1.54) is 12.0 Å². The van der Waals surface area contributed by atoms with E-state index in [-0.39, 0.29) is 18.4 Å². The molecule has 3 heterocycles. The lowest BCUT2D eigenvalue weighted by Crippen LogP contribution is -2.53. The van der Waals surface area contributed by atoms with Gasteiger partial charge in [-0.1, -0.05) is 36.8 Å². The van der Waals surface area contributed by atoms with Gasteiger partial charge >= 0.3 is 0 Å². The smallest absolute Gasteiger partial charge is 0.242 e. The number of likely N-dealkylation sites (N-methyl/N-ethyl adjacent to an activating group) is 1. The standard InChI is InChI=1S/C24H35N3O2/c1-25-17-21(20-8-4-2-5-9-20)16-24(19-25)11-14-26(15-12-24)23(29)18-27-13-7-3-6-10-22(27)28/h2,4-5,8-9,21H,3,6-7,10-19H2,1H3/t21-/m1/s1. The molecule has 4 rings (SSSR count). The van der Waals surface area contributed by atoms with Crippen LogP contribution in [0.15, 0.2) is 30.3 Å². The van der Waals surface area contributed by atoms with E-state index in [9.17, 15) is 9.59 Å². The summed E-state index contributed by atoms with van der Waals surface area (Å²) in [6.45, 7) is 4.92. The SMILES string of the molecule is CN1C[C@H](c2ccccc2)CC2(CCN(C(=O)CN3CCCCCC3=O)CC2)C1. The second-order valence-electron chi connectivity index (χ2n) is 9.52. The van der Waals surface area contributed by atoms with Gasteiger partial charge in [-0.25, -0.2) is 0 Å². The summed E-state index contributed by atoms with van der Waals surface area (Å²) in [4.78, 5) is 31.4. The van der Waals surface area contributed by atoms with Gasteiger partial charge in [0.15, 0.2) is 0 Å². The van der Waals surface area contributed by atoms with Crippen LogP contribution >= 0.6 is 0 Å². The zero-order valence-electron chi connectivity index (χ0n) is 17.8. The topological polar surface area (TPSA) is 43.9 Å². The number of benzene rings is 1. The summed E-state index contributed by atoms with van der Waals surface area (Å²) in [5.41, 5.74) is 1.75. The van der Waals surface area contributed by atoms with Crippen LogP contribution in [0.1, 0.15) is 56.4 Å². The normalized spacial score (nSPS) is 25.8. The van der Waals surface area contributed by atoms with Gasteiger partial charge in [0, 0.05) is 39.1 Å². The van der Waals surface area contributed by atoms with Gasteiger partial charge in [-0.05, 0) is 56.0 Å². The maximum Gasteiger partial charge on any atom is 0.242 e. The van der Waals surface area contributed by atoms with Crippen molar-refractivity contribution in [1.29, 1.82) is 0 Å². The monoisotopic (exact) mass is 397 g/mol. The number of carbonyl (C=O) groups excluding carboxylic acids is 2. The Kier molecular flexibility index (Phi) is 6.23.